The predicted octanol–water partition coefficient (Wildman–Crippen LogP) is 5.57. The van der Waals surface area contributed by atoms with Gasteiger partial charge in [0.1, 0.15) is 5.75 Å². The van der Waals surface area contributed by atoms with E-state index in [9.17, 15) is 5.11 Å². The van der Waals surface area contributed by atoms with Gasteiger partial charge in [0.05, 0.1) is 0 Å². The van der Waals surface area contributed by atoms with Gasteiger partial charge in [0, 0.05) is 5.56 Å². The molecule has 0 saturated carbocycles. The largest absolute Gasteiger partial charge is 0.507 e. The molecule has 0 fully saturated rings. The van der Waals surface area contributed by atoms with E-state index in [1.54, 1.807) is 0 Å². The molecule has 0 unspecified atom stereocenters. The summed E-state index contributed by atoms with van der Waals surface area (Å²) in [5.74, 6) is 1.50. The second kappa shape index (κ2) is 5.42. The summed E-state index contributed by atoms with van der Waals surface area (Å²) >= 11 is 0. The van der Waals surface area contributed by atoms with Crippen molar-refractivity contribution in [3.8, 4) is 5.75 Å². The highest BCUT2D eigenvalue weighted by molar-refractivity contribution is 5.48. The molecule has 1 aromatic rings. The Kier molecular flexibility index (Phi) is 4.63. The zero-order chi connectivity index (χ0) is 15.9. The molecule has 1 aromatic carbocycles. The van der Waals surface area contributed by atoms with Crippen LogP contribution in [0.4, 0.5) is 0 Å². The van der Waals surface area contributed by atoms with Crippen LogP contribution < -0.4 is 0 Å². The van der Waals surface area contributed by atoms with E-state index in [1.165, 1.54) is 5.56 Å². The van der Waals surface area contributed by atoms with E-state index in [4.69, 9.17) is 0 Å². The van der Waals surface area contributed by atoms with Gasteiger partial charge in [-0.15, -0.1) is 0 Å². The molecule has 0 saturated heterocycles. The van der Waals surface area contributed by atoms with Crippen molar-refractivity contribution in [1.29, 1.82) is 0 Å². The van der Waals surface area contributed by atoms with E-state index in [0.717, 1.165) is 11.1 Å². The summed E-state index contributed by atoms with van der Waals surface area (Å²) < 4.78 is 0. The molecule has 0 heterocycles. The maximum atomic E-state index is 10.5. The van der Waals surface area contributed by atoms with Crippen molar-refractivity contribution in [2.75, 3.05) is 0 Å². The molecule has 1 rings (SSSR count). The van der Waals surface area contributed by atoms with Crippen molar-refractivity contribution in [2.45, 2.75) is 73.1 Å². The van der Waals surface area contributed by atoms with Gasteiger partial charge in [-0.25, -0.2) is 0 Å². The van der Waals surface area contributed by atoms with Crippen LogP contribution in [0.3, 0.4) is 0 Å². The lowest BCUT2D eigenvalue weighted by Gasteiger charge is -2.35. The molecule has 0 spiro atoms. The minimum absolute atomic E-state index is 0.0298. The van der Waals surface area contributed by atoms with Crippen molar-refractivity contribution in [3.63, 3.8) is 0 Å². The minimum atomic E-state index is -0.0298. The first-order valence-electron chi connectivity index (χ1n) is 7.77. The third-order valence-corrected chi connectivity index (χ3v) is 5.63. The highest BCUT2D eigenvalue weighted by atomic mass is 16.3. The quantitative estimate of drug-likeness (QED) is 0.762. The van der Waals surface area contributed by atoms with Crippen LogP contribution in [0.2, 0.25) is 0 Å². The van der Waals surface area contributed by atoms with Crippen LogP contribution in [0.25, 0.3) is 0 Å². The normalized spacial score (nSPS) is 13.3. The number of hydrogen-bond acceptors (Lipinski definition) is 1. The van der Waals surface area contributed by atoms with Gasteiger partial charge in [-0.05, 0) is 40.7 Å². The Bertz CT molecular complexity index is 479. The summed E-state index contributed by atoms with van der Waals surface area (Å²) in [4.78, 5) is 0. The fourth-order valence-corrected chi connectivity index (χ4v) is 2.29. The maximum Gasteiger partial charge on any atom is 0.122 e. The van der Waals surface area contributed by atoms with Crippen molar-refractivity contribution in [2.24, 2.45) is 11.8 Å². The molecule has 1 heteroatoms. The van der Waals surface area contributed by atoms with Gasteiger partial charge >= 0.3 is 0 Å². The molecule has 1 N–H and O–H groups in total. The zero-order valence-electron chi connectivity index (χ0n) is 14.8. The highest BCUT2D eigenvalue weighted by Crippen LogP contribution is 2.42. The molecular formula is C19H32O. The van der Waals surface area contributed by atoms with E-state index in [1.807, 2.05) is 6.92 Å². The van der Waals surface area contributed by atoms with Gasteiger partial charge in [0.2, 0.25) is 0 Å². The van der Waals surface area contributed by atoms with Crippen LogP contribution in [0.1, 0.15) is 72.1 Å². The summed E-state index contributed by atoms with van der Waals surface area (Å²) in [6.07, 6.45) is 0. The summed E-state index contributed by atoms with van der Waals surface area (Å²) in [6, 6.07) is 4.37. The summed E-state index contributed by atoms with van der Waals surface area (Å²) in [7, 11) is 0. The molecule has 0 aromatic heterocycles. The molecule has 0 radical (unpaired) electrons. The van der Waals surface area contributed by atoms with E-state index < -0.39 is 0 Å². The Morgan fingerprint density at radius 2 is 1.30 bits per heavy atom. The van der Waals surface area contributed by atoms with Gasteiger partial charge in [0.25, 0.3) is 0 Å². The lowest BCUT2D eigenvalue weighted by Crippen LogP contribution is -2.28. The molecule has 114 valence electrons. The smallest absolute Gasteiger partial charge is 0.122 e. The fraction of sp³-hybridized carbons (Fsp3) is 0.684. The van der Waals surface area contributed by atoms with Crippen LogP contribution in [0.5, 0.6) is 5.75 Å². The fourth-order valence-electron chi connectivity index (χ4n) is 2.29. The standard InChI is InChI=1S/C19H32O/c1-12(2)18(6,7)15-10-14(5)17(20)16(11-15)19(8,9)13(3)4/h10-13,20H,1-9H3. The highest BCUT2D eigenvalue weighted by Gasteiger charge is 2.32. The molecule has 0 bridgehead atoms. The van der Waals surface area contributed by atoms with Gasteiger partial charge < -0.3 is 5.11 Å². The van der Waals surface area contributed by atoms with Gasteiger partial charge in [0.15, 0.2) is 0 Å². The Hall–Kier alpha value is -0.980. The van der Waals surface area contributed by atoms with E-state index in [2.05, 4.69) is 67.5 Å². The predicted molar refractivity (Wildman–Crippen MR) is 88.6 cm³/mol. The number of aromatic hydroxyl groups is 1. The maximum absolute atomic E-state index is 10.5. The SMILES string of the molecule is Cc1cc(C(C)(C)C(C)C)cc(C(C)(C)C(C)C)c1O. The average molecular weight is 276 g/mol. The van der Waals surface area contributed by atoms with Gasteiger partial charge in [-0.2, -0.15) is 0 Å². The molecule has 20 heavy (non-hydrogen) atoms. The number of phenols is 1. The van der Waals surface area contributed by atoms with Crippen LogP contribution in [-0.4, -0.2) is 5.11 Å². The molecule has 0 aliphatic rings. The summed E-state index contributed by atoms with van der Waals surface area (Å²) in [5, 5.41) is 10.5. The summed E-state index contributed by atoms with van der Waals surface area (Å²) in [5.41, 5.74) is 3.47. The second-order valence-electron chi connectivity index (χ2n) is 7.94. The van der Waals surface area contributed by atoms with Crippen LogP contribution in [0.15, 0.2) is 12.1 Å². The Balaban J connectivity index is 3.53. The topological polar surface area (TPSA) is 20.2 Å². The van der Waals surface area contributed by atoms with Crippen LogP contribution >= 0.6 is 0 Å². The Labute approximate surface area is 125 Å². The average Bonchev–Trinajstić information content (AvgIpc) is 2.31. The van der Waals surface area contributed by atoms with Crippen molar-refractivity contribution in [3.05, 3.63) is 28.8 Å². The molecule has 0 amide bonds. The number of benzene rings is 1. The van der Waals surface area contributed by atoms with Gasteiger partial charge in [-0.3, -0.25) is 0 Å². The number of phenolic OH excluding ortho intramolecular Hbond substituents is 1. The second-order valence-corrected chi connectivity index (χ2v) is 7.94. The molecule has 0 atom stereocenters. The Morgan fingerprint density at radius 3 is 1.70 bits per heavy atom. The number of rotatable bonds is 4. The van der Waals surface area contributed by atoms with Crippen molar-refractivity contribution >= 4 is 0 Å². The van der Waals surface area contributed by atoms with E-state index in [-0.39, 0.29) is 10.8 Å². The lowest BCUT2D eigenvalue weighted by molar-refractivity contribution is 0.343. The van der Waals surface area contributed by atoms with E-state index in [0.29, 0.717) is 17.6 Å². The molecule has 0 aliphatic carbocycles. The zero-order valence-corrected chi connectivity index (χ0v) is 14.8. The third kappa shape index (κ3) is 2.87. The lowest BCUT2D eigenvalue weighted by atomic mass is 9.70. The first kappa shape index (κ1) is 17.1. The molecular weight excluding hydrogens is 244 g/mol. The number of aryl methyl sites for hydroxylation is 1. The monoisotopic (exact) mass is 276 g/mol. The first-order valence-corrected chi connectivity index (χ1v) is 7.77. The van der Waals surface area contributed by atoms with E-state index >= 15 is 0 Å². The molecule has 1 nitrogen and oxygen atoms in total. The van der Waals surface area contributed by atoms with Crippen LogP contribution in [-0.2, 0) is 10.8 Å². The summed E-state index contributed by atoms with van der Waals surface area (Å²) in [6.45, 7) is 20.0. The van der Waals surface area contributed by atoms with Crippen LogP contribution in [0, 0.1) is 18.8 Å². The third-order valence-electron chi connectivity index (χ3n) is 5.63. The van der Waals surface area contributed by atoms with Crippen molar-refractivity contribution < 1.29 is 5.11 Å². The number of hydrogen-bond donors (Lipinski definition) is 1. The minimum Gasteiger partial charge on any atom is -0.507 e. The van der Waals surface area contributed by atoms with Crippen molar-refractivity contribution in [1.82, 2.24) is 0 Å². The Morgan fingerprint density at radius 1 is 0.850 bits per heavy atom. The first-order chi connectivity index (χ1) is 8.92. The van der Waals surface area contributed by atoms with Gasteiger partial charge in [-0.1, -0.05) is 67.5 Å². The molecule has 0 aliphatic heterocycles.